The lowest BCUT2D eigenvalue weighted by molar-refractivity contribution is -0.385. The van der Waals surface area contributed by atoms with Crippen LogP contribution in [-0.4, -0.2) is 22.6 Å². The SMILES string of the molecule is CCCCCCCCCCCCNC(=O)Nc1ccc(O)c([N+](=O)[O-])c1. The van der Waals surface area contributed by atoms with Gasteiger partial charge in [0.25, 0.3) is 0 Å². The number of hydrogen-bond acceptors (Lipinski definition) is 4. The van der Waals surface area contributed by atoms with Crippen molar-refractivity contribution in [2.75, 3.05) is 11.9 Å². The summed E-state index contributed by atoms with van der Waals surface area (Å²) in [7, 11) is 0. The molecule has 146 valence electrons. The van der Waals surface area contributed by atoms with Crippen LogP contribution < -0.4 is 10.6 Å². The monoisotopic (exact) mass is 365 g/mol. The molecular formula is C19H31N3O4. The minimum atomic E-state index is -0.692. The summed E-state index contributed by atoms with van der Waals surface area (Å²) in [5.74, 6) is -0.425. The first kappa shape index (κ1) is 21.7. The number of hydrogen-bond donors (Lipinski definition) is 3. The van der Waals surface area contributed by atoms with Gasteiger partial charge in [-0.2, -0.15) is 0 Å². The Morgan fingerprint density at radius 2 is 1.62 bits per heavy atom. The molecule has 0 spiro atoms. The summed E-state index contributed by atoms with van der Waals surface area (Å²) in [6.45, 7) is 2.80. The first-order valence-electron chi connectivity index (χ1n) is 9.57. The van der Waals surface area contributed by atoms with Gasteiger partial charge in [-0.3, -0.25) is 10.1 Å². The van der Waals surface area contributed by atoms with Gasteiger partial charge in [0.1, 0.15) is 0 Å². The van der Waals surface area contributed by atoms with E-state index >= 15 is 0 Å². The van der Waals surface area contributed by atoms with Crippen LogP contribution in [0.4, 0.5) is 16.2 Å². The molecule has 0 radical (unpaired) electrons. The second-order valence-electron chi connectivity index (χ2n) is 6.52. The Morgan fingerprint density at radius 3 is 2.19 bits per heavy atom. The number of urea groups is 1. The highest BCUT2D eigenvalue weighted by atomic mass is 16.6. The Labute approximate surface area is 155 Å². The summed E-state index contributed by atoms with van der Waals surface area (Å²) in [5, 5.41) is 25.4. The first-order chi connectivity index (χ1) is 12.5. The van der Waals surface area contributed by atoms with Crippen LogP contribution in [0, 0.1) is 10.1 Å². The van der Waals surface area contributed by atoms with Gasteiger partial charge in [0.15, 0.2) is 5.75 Å². The van der Waals surface area contributed by atoms with E-state index in [9.17, 15) is 20.0 Å². The number of nitrogens with one attached hydrogen (secondary N) is 2. The Bertz CT molecular complexity index is 564. The number of carbonyl (C=O) groups is 1. The van der Waals surface area contributed by atoms with Gasteiger partial charge in [0.2, 0.25) is 0 Å². The van der Waals surface area contributed by atoms with Crippen molar-refractivity contribution in [3.63, 3.8) is 0 Å². The van der Waals surface area contributed by atoms with Crippen LogP contribution in [0.1, 0.15) is 71.1 Å². The summed E-state index contributed by atoms with van der Waals surface area (Å²) < 4.78 is 0. The molecule has 0 saturated heterocycles. The zero-order chi connectivity index (χ0) is 19.2. The van der Waals surface area contributed by atoms with Gasteiger partial charge in [-0.25, -0.2) is 4.79 Å². The number of nitrogens with zero attached hydrogens (tertiary/aromatic N) is 1. The molecule has 1 aromatic carbocycles. The number of phenolic OH excluding ortho intramolecular Hbond substituents is 1. The third kappa shape index (κ3) is 9.25. The maximum atomic E-state index is 11.8. The Balaban J connectivity index is 2.09. The molecule has 0 aliphatic heterocycles. The molecule has 7 nitrogen and oxygen atoms in total. The van der Waals surface area contributed by atoms with Gasteiger partial charge < -0.3 is 15.7 Å². The molecule has 0 saturated carbocycles. The predicted octanol–water partition coefficient (Wildman–Crippen LogP) is 5.34. The van der Waals surface area contributed by atoms with Gasteiger partial charge in [-0.1, -0.05) is 64.7 Å². The van der Waals surface area contributed by atoms with Crippen LogP contribution in [0.15, 0.2) is 18.2 Å². The van der Waals surface area contributed by atoms with Crippen molar-refractivity contribution in [1.29, 1.82) is 0 Å². The van der Waals surface area contributed by atoms with Gasteiger partial charge in [-0.15, -0.1) is 0 Å². The highest BCUT2D eigenvalue weighted by Crippen LogP contribution is 2.28. The van der Waals surface area contributed by atoms with Crippen molar-refractivity contribution in [3.8, 4) is 5.75 Å². The van der Waals surface area contributed by atoms with Gasteiger partial charge in [-0.05, 0) is 18.6 Å². The van der Waals surface area contributed by atoms with Gasteiger partial charge >= 0.3 is 11.7 Å². The number of rotatable bonds is 13. The molecule has 0 atom stereocenters. The first-order valence-corrected chi connectivity index (χ1v) is 9.57. The minimum absolute atomic E-state index is 0.273. The van der Waals surface area contributed by atoms with Crippen LogP contribution in [-0.2, 0) is 0 Å². The van der Waals surface area contributed by atoms with Crippen molar-refractivity contribution < 1.29 is 14.8 Å². The molecule has 2 amide bonds. The minimum Gasteiger partial charge on any atom is -0.502 e. The smallest absolute Gasteiger partial charge is 0.319 e. The molecule has 0 unspecified atom stereocenters. The summed E-state index contributed by atoms with van der Waals surface area (Å²) in [6.07, 6.45) is 12.3. The van der Waals surface area contributed by atoms with E-state index in [0.29, 0.717) is 6.54 Å². The molecule has 0 aliphatic carbocycles. The normalized spacial score (nSPS) is 10.5. The van der Waals surface area contributed by atoms with Crippen LogP contribution in [0.25, 0.3) is 0 Å². The van der Waals surface area contributed by atoms with Crippen molar-refractivity contribution in [3.05, 3.63) is 28.3 Å². The fraction of sp³-hybridized carbons (Fsp3) is 0.632. The van der Waals surface area contributed by atoms with E-state index in [-0.39, 0.29) is 5.69 Å². The second kappa shape index (κ2) is 13.0. The average Bonchev–Trinajstić information content (AvgIpc) is 2.61. The molecule has 3 N–H and O–H groups in total. The summed E-state index contributed by atoms with van der Waals surface area (Å²) in [4.78, 5) is 21.9. The quantitative estimate of drug-likeness (QED) is 0.190. The van der Waals surface area contributed by atoms with Crippen molar-refractivity contribution in [2.45, 2.75) is 71.1 Å². The number of phenols is 1. The largest absolute Gasteiger partial charge is 0.502 e. The number of unbranched alkanes of at least 4 members (excludes halogenated alkanes) is 9. The van der Waals surface area contributed by atoms with E-state index in [0.717, 1.165) is 18.9 Å². The van der Waals surface area contributed by atoms with Crippen molar-refractivity contribution in [2.24, 2.45) is 0 Å². The molecule has 0 aliphatic rings. The van der Waals surface area contributed by atoms with E-state index in [4.69, 9.17) is 0 Å². The fourth-order valence-corrected chi connectivity index (χ4v) is 2.74. The zero-order valence-corrected chi connectivity index (χ0v) is 15.6. The predicted molar refractivity (Wildman–Crippen MR) is 104 cm³/mol. The zero-order valence-electron chi connectivity index (χ0n) is 15.6. The van der Waals surface area contributed by atoms with E-state index in [2.05, 4.69) is 17.6 Å². The number of amides is 2. The number of nitro benzene ring substituents is 1. The number of benzene rings is 1. The van der Waals surface area contributed by atoms with Crippen LogP contribution in [0.2, 0.25) is 0 Å². The molecule has 0 bridgehead atoms. The molecule has 7 heteroatoms. The second-order valence-corrected chi connectivity index (χ2v) is 6.52. The third-order valence-electron chi connectivity index (χ3n) is 4.25. The van der Waals surface area contributed by atoms with Crippen LogP contribution >= 0.6 is 0 Å². The third-order valence-corrected chi connectivity index (χ3v) is 4.25. The molecule has 1 aromatic rings. The lowest BCUT2D eigenvalue weighted by Gasteiger charge is -2.08. The fourth-order valence-electron chi connectivity index (χ4n) is 2.74. The van der Waals surface area contributed by atoms with Gasteiger partial charge in [0, 0.05) is 18.3 Å². The molecule has 0 heterocycles. The Hall–Kier alpha value is -2.31. The van der Waals surface area contributed by atoms with Crippen LogP contribution in [0.3, 0.4) is 0 Å². The topological polar surface area (TPSA) is 104 Å². The van der Waals surface area contributed by atoms with E-state index in [1.54, 1.807) is 0 Å². The van der Waals surface area contributed by atoms with E-state index in [1.165, 1.54) is 63.5 Å². The maximum absolute atomic E-state index is 11.8. The standard InChI is InChI=1S/C19H31N3O4/c1-2-3-4-5-6-7-8-9-10-11-14-20-19(24)21-16-12-13-18(23)17(15-16)22(25)26/h12-13,15,23H,2-11,14H2,1H3,(H2,20,21,24). The van der Waals surface area contributed by atoms with Crippen molar-refractivity contribution in [1.82, 2.24) is 5.32 Å². The number of anilines is 1. The number of nitro groups is 1. The summed E-state index contributed by atoms with van der Waals surface area (Å²) in [6, 6.07) is 3.34. The van der Waals surface area contributed by atoms with Crippen LogP contribution in [0.5, 0.6) is 5.75 Å². The summed E-state index contributed by atoms with van der Waals surface area (Å²) in [5.41, 5.74) is -0.160. The number of aromatic hydroxyl groups is 1. The molecule has 26 heavy (non-hydrogen) atoms. The maximum Gasteiger partial charge on any atom is 0.319 e. The molecule has 1 rings (SSSR count). The highest BCUT2D eigenvalue weighted by molar-refractivity contribution is 5.89. The Morgan fingerprint density at radius 1 is 1.04 bits per heavy atom. The summed E-state index contributed by atoms with van der Waals surface area (Å²) >= 11 is 0. The average molecular weight is 365 g/mol. The lowest BCUT2D eigenvalue weighted by Crippen LogP contribution is -2.29. The van der Waals surface area contributed by atoms with E-state index < -0.39 is 22.4 Å². The van der Waals surface area contributed by atoms with Gasteiger partial charge in [0.05, 0.1) is 4.92 Å². The van der Waals surface area contributed by atoms with Crippen molar-refractivity contribution >= 4 is 17.4 Å². The number of carbonyl (C=O) groups excluding carboxylic acids is 1. The highest BCUT2D eigenvalue weighted by Gasteiger charge is 2.14. The van der Waals surface area contributed by atoms with E-state index in [1.807, 2.05) is 0 Å². The Kier molecular flexibility index (Phi) is 10.8. The molecular weight excluding hydrogens is 334 g/mol. The lowest BCUT2D eigenvalue weighted by atomic mass is 10.1. The molecule has 0 aromatic heterocycles. The molecule has 0 fully saturated rings.